The first-order valence-electron chi connectivity index (χ1n) is 9.52. The van der Waals surface area contributed by atoms with E-state index < -0.39 is 0 Å². The molecule has 27 heavy (non-hydrogen) atoms. The van der Waals surface area contributed by atoms with Crippen LogP contribution in [0.25, 0.3) is 0 Å². The van der Waals surface area contributed by atoms with Gasteiger partial charge in [0, 0.05) is 31.2 Å². The summed E-state index contributed by atoms with van der Waals surface area (Å²) in [5.74, 6) is -0.630. The number of amides is 2. The molecule has 1 aromatic rings. The number of hydrogen-bond acceptors (Lipinski definition) is 4. The van der Waals surface area contributed by atoms with E-state index in [0.29, 0.717) is 31.7 Å². The normalized spacial score (nSPS) is 28.6. The maximum Gasteiger partial charge on any atom is 0.244 e. The average molecular weight is 370 g/mol. The Morgan fingerprint density at radius 3 is 2.96 bits per heavy atom. The predicted molar refractivity (Wildman–Crippen MR) is 97.2 cm³/mol. The molecule has 3 fully saturated rings. The molecule has 0 radical (unpaired) electrons. The van der Waals surface area contributed by atoms with Crippen molar-refractivity contribution in [2.75, 3.05) is 24.5 Å². The number of piperazine rings is 1. The first kappa shape index (κ1) is 17.9. The van der Waals surface area contributed by atoms with Gasteiger partial charge in [0.2, 0.25) is 11.8 Å². The summed E-state index contributed by atoms with van der Waals surface area (Å²) in [5.41, 5.74) is 0.602. The summed E-state index contributed by atoms with van der Waals surface area (Å²) >= 11 is 0. The Hall–Kier alpha value is -2.46. The lowest BCUT2D eigenvalue weighted by Crippen LogP contribution is -2.52. The van der Waals surface area contributed by atoms with Crippen LogP contribution < -0.4 is 4.90 Å². The lowest BCUT2D eigenvalue weighted by molar-refractivity contribution is -0.136. The third-order valence-corrected chi connectivity index (χ3v) is 5.97. The van der Waals surface area contributed by atoms with Crippen molar-refractivity contribution in [2.45, 2.75) is 44.3 Å². The number of carbonyl (C=O) groups is 2. The fourth-order valence-corrected chi connectivity index (χ4v) is 4.71. The molecule has 0 N–H and O–H groups in total. The number of nitrogens with zero attached hydrogens (tertiary/aromatic N) is 4. The molecule has 4 rings (SSSR count). The molecule has 2 amide bonds. The third kappa shape index (κ3) is 3.08. The van der Waals surface area contributed by atoms with Crippen LogP contribution in [-0.4, -0.2) is 59.4 Å². The van der Waals surface area contributed by atoms with Crippen molar-refractivity contribution in [3.63, 3.8) is 0 Å². The van der Waals surface area contributed by atoms with E-state index in [0.717, 1.165) is 12.8 Å². The van der Waals surface area contributed by atoms with Crippen molar-refractivity contribution >= 4 is 17.5 Å². The highest BCUT2D eigenvalue weighted by atomic mass is 19.1. The molecule has 1 aromatic carbocycles. The number of halogens is 1. The standard InChI is InChI=1S/C20H23FN4O2/c1-13(19(26)24-7-3-6-16(24)10-22)11-23-12-17-9-18(23)20(27)25(17)15-5-2-4-14(21)8-15/h2,4-5,8,13,16-18H,3,6-7,9,11-12H2,1H3/t13-,16-,17-,18-/m0/s1. The van der Waals surface area contributed by atoms with Crippen LogP contribution in [0.1, 0.15) is 26.2 Å². The van der Waals surface area contributed by atoms with Gasteiger partial charge in [0.05, 0.1) is 18.2 Å². The number of carbonyl (C=O) groups excluding carboxylic acids is 2. The Labute approximate surface area is 158 Å². The first-order valence-corrected chi connectivity index (χ1v) is 9.52. The summed E-state index contributed by atoms with van der Waals surface area (Å²) < 4.78 is 13.5. The number of hydrogen-bond donors (Lipinski definition) is 0. The number of rotatable bonds is 4. The van der Waals surface area contributed by atoms with Gasteiger partial charge in [-0.25, -0.2) is 4.39 Å². The molecular formula is C20H23FN4O2. The molecule has 0 spiro atoms. The number of nitriles is 1. The van der Waals surface area contributed by atoms with E-state index in [4.69, 9.17) is 0 Å². The topological polar surface area (TPSA) is 67.7 Å². The van der Waals surface area contributed by atoms with Crippen LogP contribution in [0.5, 0.6) is 0 Å². The smallest absolute Gasteiger partial charge is 0.244 e. The largest absolute Gasteiger partial charge is 0.326 e. The van der Waals surface area contributed by atoms with Crippen LogP contribution in [-0.2, 0) is 9.59 Å². The summed E-state index contributed by atoms with van der Waals surface area (Å²) in [4.78, 5) is 31.0. The maximum atomic E-state index is 13.5. The van der Waals surface area contributed by atoms with Gasteiger partial charge < -0.3 is 9.80 Å². The minimum atomic E-state index is -0.350. The van der Waals surface area contributed by atoms with Gasteiger partial charge in [-0.2, -0.15) is 5.26 Å². The first-order chi connectivity index (χ1) is 13.0. The van der Waals surface area contributed by atoms with E-state index in [-0.39, 0.29) is 41.7 Å². The monoisotopic (exact) mass is 370 g/mol. The highest BCUT2D eigenvalue weighted by Crippen LogP contribution is 2.36. The number of anilines is 1. The van der Waals surface area contributed by atoms with Crippen LogP contribution in [0.3, 0.4) is 0 Å². The molecule has 4 atom stereocenters. The minimum Gasteiger partial charge on any atom is -0.326 e. The van der Waals surface area contributed by atoms with E-state index in [9.17, 15) is 19.2 Å². The fourth-order valence-electron chi connectivity index (χ4n) is 4.71. The molecular weight excluding hydrogens is 347 g/mol. The Balaban J connectivity index is 1.41. The van der Waals surface area contributed by atoms with E-state index in [1.165, 1.54) is 12.1 Å². The second kappa shape index (κ2) is 6.93. The minimum absolute atomic E-state index is 0.00346. The molecule has 0 aliphatic carbocycles. The molecule has 7 heteroatoms. The van der Waals surface area contributed by atoms with Crippen LogP contribution in [0, 0.1) is 23.1 Å². The number of benzene rings is 1. The van der Waals surface area contributed by atoms with Gasteiger partial charge in [-0.15, -0.1) is 0 Å². The maximum absolute atomic E-state index is 13.5. The van der Waals surface area contributed by atoms with Crippen LogP contribution in [0.15, 0.2) is 24.3 Å². The SMILES string of the molecule is C[C@@H](CN1C[C@@H]2C[C@H]1C(=O)N2c1cccc(F)c1)C(=O)N1CCC[C@H]1C#N. The highest BCUT2D eigenvalue weighted by molar-refractivity contribution is 6.01. The third-order valence-electron chi connectivity index (χ3n) is 5.97. The van der Waals surface area contributed by atoms with Crippen LogP contribution in [0.4, 0.5) is 10.1 Å². The van der Waals surface area contributed by atoms with Gasteiger partial charge >= 0.3 is 0 Å². The molecule has 0 unspecified atom stereocenters. The lowest BCUT2D eigenvalue weighted by atomic mass is 10.1. The van der Waals surface area contributed by atoms with Crippen molar-refractivity contribution in [2.24, 2.45) is 5.92 Å². The molecule has 6 nitrogen and oxygen atoms in total. The highest BCUT2D eigenvalue weighted by Gasteiger charge is 2.50. The van der Waals surface area contributed by atoms with E-state index >= 15 is 0 Å². The molecule has 2 bridgehead atoms. The second-order valence-electron chi connectivity index (χ2n) is 7.77. The molecule has 3 saturated heterocycles. The molecule has 3 heterocycles. The van der Waals surface area contributed by atoms with E-state index in [2.05, 4.69) is 11.0 Å². The summed E-state index contributed by atoms with van der Waals surface area (Å²) in [5, 5.41) is 9.20. The molecule has 142 valence electrons. The van der Waals surface area contributed by atoms with Crippen molar-refractivity contribution in [3.05, 3.63) is 30.1 Å². The zero-order valence-electron chi connectivity index (χ0n) is 15.3. The van der Waals surface area contributed by atoms with Gasteiger partial charge in [0.1, 0.15) is 11.9 Å². The van der Waals surface area contributed by atoms with Crippen molar-refractivity contribution in [3.8, 4) is 6.07 Å². The average Bonchev–Trinajstić information content (AvgIpc) is 3.35. The van der Waals surface area contributed by atoms with Gasteiger partial charge in [-0.1, -0.05) is 13.0 Å². The molecule has 3 aliphatic heterocycles. The van der Waals surface area contributed by atoms with E-state index in [1.54, 1.807) is 21.9 Å². The molecule has 3 aliphatic rings. The zero-order chi connectivity index (χ0) is 19.1. The van der Waals surface area contributed by atoms with Crippen molar-refractivity contribution in [1.82, 2.24) is 9.80 Å². The van der Waals surface area contributed by atoms with Crippen LogP contribution >= 0.6 is 0 Å². The number of fused-ring (bicyclic) bond motifs is 2. The molecule has 0 saturated carbocycles. The quantitative estimate of drug-likeness (QED) is 0.810. The van der Waals surface area contributed by atoms with Crippen molar-refractivity contribution in [1.29, 1.82) is 5.26 Å². The summed E-state index contributed by atoms with van der Waals surface area (Å²) in [6, 6.07) is 7.79. The zero-order valence-corrected chi connectivity index (χ0v) is 15.3. The van der Waals surface area contributed by atoms with Crippen LogP contribution in [0.2, 0.25) is 0 Å². The Morgan fingerprint density at radius 1 is 1.44 bits per heavy atom. The van der Waals surface area contributed by atoms with Crippen molar-refractivity contribution < 1.29 is 14.0 Å². The Morgan fingerprint density at radius 2 is 2.26 bits per heavy atom. The molecule has 0 aromatic heterocycles. The van der Waals surface area contributed by atoms with Gasteiger partial charge in [0.15, 0.2) is 0 Å². The number of likely N-dealkylation sites (tertiary alicyclic amines) is 2. The van der Waals surface area contributed by atoms with Gasteiger partial charge in [-0.3, -0.25) is 14.5 Å². The second-order valence-corrected chi connectivity index (χ2v) is 7.77. The predicted octanol–water partition coefficient (Wildman–Crippen LogP) is 1.77. The Bertz CT molecular complexity index is 807. The van der Waals surface area contributed by atoms with Gasteiger partial charge in [-0.05, 0) is 37.5 Å². The fraction of sp³-hybridized carbons (Fsp3) is 0.550. The van der Waals surface area contributed by atoms with E-state index in [1.807, 2.05) is 6.92 Å². The summed E-state index contributed by atoms with van der Waals surface area (Å²) in [6.07, 6.45) is 2.32. The van der Waals surface area contributed by atoms with Gasteiger partial charge in [0.25, 0.3) is 0 Å². The lowest BCUT2D eigenvalue weighted by Gasteiger charge is -2.35. The summed E-state index contributed by atoms with van der Waals surface area (Å²) in [6.45, 7) is 3.71. The summed E-state index contributed by atoms with van der Waals surface area (Å²) in [7, 11) is 0. The Kier molecular flexibility index (Phi) is 4.60.